The highest BCUT2D eigenvalue weighted by molar-refractivity contribution is 5.90. The second kappa shape index (κ2) is 6.52. The number of aryl methyl sites for hydroxylation is 1. The first-order chi connectivity index (χ1) is 11.1. The van der Waals surface area contributed by atoms with E-state index in [9.17, 15) is 9.59 Å². The third kappa shape index (κ3) is 3.43. The van der Waals surface area contributed by atoms with E-state index in [0.29, 0.717) is 24.9 Å². The average molecular weight is 318 g/mol. The molecule has 0 aromatic carbocycles. The van der Waals surface area contributed by atoms with Crippen molar-refractivity contribution < 1.29 is 14.1 Å². The summed E-state index contributed by atoms with van der Waals surface area (Å²) >= 11 is 0. The minimum atomic E-state index is -0.0943. The number of rotatable bonds is 4. The summed E-state index contributed by atoms with van der Waals surface area (Å²) in [6.45, 7) is 7.83. The van der Waals surface area contributed by atoms with Crippen LogP contribution in [0, 0.1) is 18.8 Å². The monoisotopic (exact) mass is 318 g/mol. The molecule has 23 heavy (non-hydrogen) atoms. The highest BCUT2D eigenvalue weighted by atomic mass is 16.5. The number of likely N-dealkylation sites (tertiary alicyclic amines) is 2. The first-order valence-electron chi connectivity index (χ1n) is 8.06. The van der Waals surface area contributed by atoms with E-state index in [1.165, 1.54) is 6.08 Å². The molecule has 0 unspecified atom stereocenters. The number of carbonyl (C=O) groups excluding carboxylic acids is 2. The highest BCUT2D eigenvalue weighted by Crippen LogP contribution is 2.24. The lowest BCUT2D eigenvalue weighted by Crippen LogP contribution is -2.57. The van der Waals surface area contributed by atoms with E-state index in [0.717, 1.165) is 38.2 Å². The van der Waals surface area contributed by atoms with Crippen LogP contribution in [-0.2, 0) is 16.0 Å². The molecule has 124 valence electrons. The summed E-state index contributed by atoms with van der Waals surface area (Å²) in [6.07, 6.45) is 4.03. The maximum Gasteiger partial charge on any atom is 0.246 e. The standard InChI is InChI=1S/C16H22N4O3/c1-3-15(21)20-9-13(10-20)16(22)19-6-4-12(5-7-19)8-14-17-11(2)23-18-14/h3,12-13H,1,4-10H2,2H3. The van der Waals surface area contributed by atoms with Crippen LogP contribution in [0.25, 0.3) is 0 Å². The first kappa shape index (κ1) is 15.7. The van der Waals surface area contributed by atoms with Crippen LogP contribution in [0.3, 0.4) is 0 Å². The molecule has 1 aromatic heterocycles. The van der Waals surface area contributed by atoms with Crippen LogP contribution in [-0.4, -0.2) is 57.9 Å². The molecular formula is C16H22N4O3. The molecule has 0 spiro atoms. The van der Waals surface area contributed by atoms with Gasteiger partial charge < -0.3 is 14.3 Å². The second-order valence-electron chi connectivity index (χ2n) is 6.35. The Kier molecular flexibility index (Phi) is 4.45. The number of hydrogen-bond acceptors (Lipinski definition) is 5. The van der Waals surface area contributed by atoms with Gasteiger partial charge in [0, 0.05) is 39.5 Å². The minimum absolute atomic E-state index is 0.0460. The zero-order valence-corrected chi connectivity index (χ0v) is 13.4. The molecule has 7 heteroatoms. The fourth-order valence-corrected chi connectivity index (χ4v) is 3.24. The van der Waals surface area contributed by atoms with Gasteiger partial charge in [-0.15, -0.1) is 0 Å². The van der Waals surface area contributed by atoms with E-state index in [2.05, 4.69) is 16.7 Å². The maximum absolute atomic E-state index is 12.4. The van der Waals surface area contributed by atoms with Crippen molar-refractivity contribution in [1.82, 2.24) is 19.9 Å². The fraction of sp³-hybridized carbons (Fsp3) is 0.625. The van der Waals surface area contributed by atoms with E-state index in [4.69, 9.17) is 4.52 Å². The first-order valence-corrected chi connectivity index (χ1v) is 8.06. The third-order valence-corrected chi connectivity index (χ3v) is 4.68. The highest BCUT2D eigenvalue weighted by Gasteiger charge is 2.38. The van der Waals surface area contributed by atoms with Crippen LogP contribution in [0.15, 0.2) is 17.2 Å². The summed E-state index contributed by atoms with van der Waals surface area (Å²) < 4.78 is 4.99. The van der Waals surface area contributed by atoms with Gasteiger partial charge in [-0.05, 0) is 24.8 Å². The Bertz CT molecular complexity index is 598. The topological polar surface area (TPSA) is 79.5 Å². The van der Waals surface area contributed by atoms with Crippen molar-refractivity contribution >= 4 is 11.8 Å². The molecule has 0 atom stereocenters. The maximum atomic E-state index is 12.4. The molecule has 0 N–H and O–H groups in total. The molecule has 0 aliphatic carbocycles. The van der Waals surface area contributed by atoms with E-state index < -0.39 is 0 Å². The molecule has 2 saturated heterocycles. The smallest absolute Gasteiger partial charge is 0.246 e. The van der Waals surface area contributed by atoms with E-state index in [-0.39, 0.29) is 17.7 Å². The minimum Gasteiger partial charge on any atom is -0.342 e. The van der Waals surface area contributed by atoms with Gasteiger partial charge in [0.15, 0.2) is 5.82 Å². The van der Waals surface area contributed by atoms with Crippen molar-refractivity contribution in [3.8, 4) is 0 Å². The van der Waals surface area contributed by atoms with Crippen LogP contribution >= 0.6 is 0 Å². The van der Waals surface area contributed by atoms with Crippen LogP contribution < -0.4 is 0 Å². The Morgan fingerprint density at radius 2 is 2.00 bits per heavy atom. The summed E-state index contributed by atoms with van der Waals surface area (Å²) in [5, 5.41) is 3.94. The summed E-state index contributed by atoms with van der Waals surface area (Å²) in [5.74, 6) is 1.88. The fourth-order valence-electron chi connectivity index (χ4n) is 3.24. The normalized spacial score (nSPS) is 19.5. The van der Waals surface area contributed by atoms with Gasteiger partial charge in [-0.25, -0.2) is 0 Å². The zero-order valence-electron chi connectivity index (χ0n) is 13.4. The Morgan fingerprint density at radius 3 is 2.57 bits per heavy atom. The molecule has 0 bridgehead atoms. The Hall–Kier alpha value is -2.18. The van der Waals surface area contributed by atoms with Crippen LogP contribution in [0.5, 0.6) is 0 Å². The number of aromatic nitrogens is 2. The van der Waals surface area contributed by atoms with Crippen molar-refractivity contribution in [1.29, 1.82) is 0 Å². The van der Waals surface area contributed by atoms with E-state index in [1.54, 1.807) is 11.8 Å². The Labute approximate surface area is 135 Å². The lowest BCUT2D eigenvalue weighted by atomic mass is 9.91. The molecular weight excluding hydrogens is 296 g/mol. The molecule has 2 fully saturated rings. The second-order valence-corrected chi connectivity index (χ2v) is 6.35. The van der Waals surface area contributed by atoms with Gasteiger partial charge in [-0.3, -0.25) is 9.59 Å². The van der Waals surface area contributed by atoms with Gasteiger partial charge in [0.05, 0.1) is 5.92 Å². The van der Waals surface area contributed by atoms with Crippen LogP contribution in [0.4, 0.5) is 0 Å². The van der Waals surface area contributed by atoms with Crippen molar-refractivity contribution in [3.05, 3.63) is 24.4 Å². The number of nitrogens with zero attached hydrogens (tertiary/aromatic N) is 4. The molecule has 0 saturated carbocycles. The molecule has 2 amide bonds. The van der Waals surface area contributed by atoms with Crippen LogP contribution in [0.2, 0.25) is 0 Å². The molecule has 0 radical (unpaired) electrons. The lowest BCUT2D eigenvalue weighted by molar-refractivity contribution is -0.147. The Morgan fingerprint density at radius 1 is 1.30 bits per heavy atom. The zero-order chi connectivity index (χ0) is 16.4. The number of piperidine rings is 1. The lowest BCUT2D eigenvalue weighted by Gasteiger charge is -2.41. The summed E-state index contributed by atoms with van der Waals surface area (Å²) in [7, 11) is 0. The summed E-state index contributed by atoms with van der Waals surface area (Å²) in [5.41, 5.74) is 0. The van der Waals surface area contributed by atoms with Gasteiger partial charge in [0.1, 0.15) is 0 Å². The predicted molar refractivity (Wildman–Crippen MR) is 82.3 cm³/mol. The van der Waals surface area contributed by atoms with Gasteiger partial charge in [-0.1, -0.05) is 11.7 Å². The molecule has 3 rings (SSSR count). The number of amides is 2. The van der Waals surface area contributed by atoms with Gasteiger partial charge in [0.2, 0.25) is 17.7 Å². The quantitative estimate of drug-likeness (QED) is 0.767. The number of carbonyl (C=O) groups is 2. The van der Waals surface area contributed by atoms with Gasteiger partial charge in [-0.2, -0.15) is 4.98 Å². The average Bonchev–Trinajstić information content (AvgIpc) is 2.91. The van der Waals surface area contributed by atoms with Crippen LogP contribution in [0.1, 0.15) is 24.6 Å². The van der Waals surface area contributed by atoms with Gasteiger partial charge >= 0.3 is 0 Å². The third-order valence-electron chi connectivity index (χ3n) is 4.68. The van der Waals surface area contributed by atoms with Crippen molar-refractivity contribution in [2.45, 2.75) is 26.2 Å². The molecule has 2 aliphatic heterocycles. The van der Waals surface area contributed by atoms with Gasteiger partial charge in [0.25, 0.3) is 0 Å². The summed E-state index contributed by atoms with van der Waals surface area (Å²) in [6, 6.07) is 0. The van der Waals surface area contributed by atoms with Crippen molar-refractivity contribution in [3.63, 3.8) is 0 Å². The van der Waals surface area contributed by atoms with Crippen molar-refractivity contribution in [2.24, 2.45) is 11.8 Å². The molecule has 2 aliphatic rings. The molecule has 3 heterocycles. The van der Waals surface area contributed by atoms with E-state index in [1.807, 2.05) is 4.90 Å². The molecule has 7 nitrogen and oxygen atoms in total. The molecule has 1 aromatic rings. The van der Waals surface area contributed by atoms with E-state index >= 15 is 0 Å². The van der Waals surface area contributed by atoms with Crippen molar-refractivity contribution in [2.75, 3.05) is 26.2 Å². The Balaban J connectivity index is 1.43. The predicted octanol–water partition coefficient (Wildman–Crippen LogP) is 0.804. The SMILES string of the molecule is C=CC(=O)N1CC(C(=O)N2CCC(Cc3noc(C)n3)CC2)C1. The number of hydrogen-bond donors (Lipinski definition) is 0. The summed E-state index contributed by atoms with van der Waals surface area (Å²) in [4.78, 5) is 31.7. The largest absolute Gasteiger partial charge is 0.342 e.